The molecule has 0 saturated heterocycles. The van der Waals surface area contributed by atoms with Crippen molar-refractivity contribution in [3.8, 4) is 22.9 Å². The number of hydrogen-bond acceptors (Lipinski definition) is 3. The van der Waals surface area contributed by atoms with Gasteiger partial charge in [0.25, 0.3) is 0 Å². The van der Waals surface area contributed by atoms with Crippen LogP contribution in [0.5, 0.6) is 11.5 Å². The molecular formula is C20H12ClFN2O3. The summed E-state index contributed by atoms with van der Waals surface area (Å²) >= 11 is 5.66. The molecule has 0 atom stereocenters. The molecule has 0 unspecified atom stereocenters. The molecule has 0 bridgehead atoms. The summed E-state index contributed by atoms with van der Waals surface area (Å²) in [6.07, 6.45) is 0. The summed E-state index contributed by atoms with van der Waals surface area (Å²) in [4.78, 5) is 18.6. The number of ether oxygens (including phenoxy) is 1. The molecule has 1 heterocycles. The zero-order valence-corrected chi connectivity index (χ0v) is 14.5. The smallest absolute Gasteiger partial charge is 0.335 e. The van der Waals surface area contributed by atoms with Gasteiger partial charge in [0.15, 0.2) is 0 Å². The van der Waals surface area contributed by atoms with E-state index in [0.717, 1.165) is 5.56 Å². The van der Waals surface area contributed by atoms with Gasteiger partial charge < -0.3 is 14.8 Å². The second kappa shape index (κ2) is 6.74. The largest absolute Gasteiger partial charge is 0.478 e. The van der Waals surface area contributed by atoms with Gasteiger partial charge in [0.05, 0.1) is 21.6 Å². The normalized spacial score (nSPS) is 10.9. The van der Waals surface area contributed by atoms with E-state index in [1.54, 1.807) is 42.5 Å². The number of aromatic carboxylic acids is 1. The molecule has 4 rings (SSSR count). The van der Waals surface area contributed by atoms with Crippen LogP contribution in [0.3, 0.4) is 0 Å². The number of aromatic nitrogens is 2. The zero-order valence-electron chi connectivity index (χ0n) is 13.7. The molecule has 0 radical (unpaired) electrons. The van der Waals surface area contributed by atoms with Gasteiger partial charge in [-0.05, 0) is 54.6 Å². The van der Waals surface area contributed by atoms with Crippen LogP contribution in [0.4, 0.5) is 4.39 Å². The SMILES string of the molecule is O=C(O)c1ccc2nc(-c3ccc(Oc4ccc(Cl)c(F)c4)cc3)[nH]c2c1. The van der Waals surface area contributed by atoms with Crippen LogP contribution in [0.2, 0.25) is 5.02 Å². The maximum atomic E-state index is 13.5. The van der Waals surface area contributed by atoms with E-state index >= 15 is 0 Å². The topological polar surface area (TPSA) is 75.2 Å². The summed E-state index contributed by atoms with van der Waals surface area (Å²) in [6.45, 7) is 0. The number of carboxylic acid groups (broad SMARTS) is 1. The molecular weight excluding hydrogens is 371 g/mol. The number of rotatable bonds is 4. The van der Waals surface area contributed by atoms with E-state index < -0.39 is 11.8 Å². The van der Waals surface area contributed by atoms with Crippen molar-refractivity contribution in [1.82, 2.24) is 9.97 Å². The van der Waals surface area contributed by atoms with Crippen molar-refractivity contribution >= 4 is 28.6 Å². The molecule has 4 aromatic rings. The van der Waals surface area contributed by atoms with Gasteiger partial charge in [-0.1, -0.05) is 11.6 Å². The highest BCUT2D eigenvalue weighted by atomic mass is 35.5. The number of nitrogens with one attached hydrogen (secondary N) is 1. The lowest BCUT2D eigenvalue weighted by molar-refractivity contribution is 0.0697. The van der Waals surface area contributed by atoms with Gasteiger partial charge in [-0.25, -0.2) is 14.2 Å². The predicted molar refractivity (Wildman–Crippen MR) is 100.0 cm³/mol. The van der Waals surface area contributed by atoms with Gasteiger partial charge in [0.2, 0.25) is 0 Å². The summed E-state index contributed by atoms with van der Waals surface area (Å²) < 4.78 is 19.1. The number of hydrogen-bond donors (Lipinski definition) is 2. The van der Waals surface area contributed by atoms with Gasteiger partial charge in [-0.2, -0.15) is 0 Å². The summed E-state index contributed by atoms with van der Waals surface area (Å²) in [7, 11) is 0. The van der Waals surface area contributed by atoms with Crippen LogP contribution in [0.15, 0.2) is 60.7 Å². The van der Waals surface area contributed by atoms with Crippen molar-refractivity contribution in [3.63, 3.8) is 0 Å². The third-order valence-electron chi connectivity index (χ3n) is 3.98. The fourth-order valence-electron chi connectivity index (χ4n) is 2.64. The molecule has 5 nitrogen and oxygen atoms in total. The number of fused-ring (bicyclic) bond motifs is 1. The Morgan fingerprint density at radius 2 is 1.78 bits per heavy atom. The van der Waals surface area contributed by atoms with Gasteiger partial charge in [0.1, 0.15) is 23.1 Å². The second-order valence-electron chi connectivity index (χ2n) is 5.82. The molecule has 0 aliphatic carbocycles. The minimum Gasteiger partial charge on any atom is -0.478 e. The molecule has 0 aliphatic rings. The molecule has 0 saturated carbocycles. The van der Waals surface area contributed by atoms with Crippen LogP contribution < -0.4 is 4.74 Å². The van der Waals surface area contributed by atoms with Gasteiger partial charge in [0, 0.05) is 11.6 Å². The van der Waals surface area contributed by atoms with Gasteiger partial charge >= 0.3 is 5.97 Å². The first-order chi connectivity index (χ1) is 13.0. The minimum atomic E-state index is -0.992. The average molecular weight is 383 g/mol. The minimum absolute atomic E-state index is 0.0358. The number of aromatic amines is 1. The van der Waals surface area contributed by atoms with Crippen molar-refractivity contribution in [2.24, 2.45) is 0 Å². The lowest BCUT2D eigenvalue weighted by Crippen LogP contribution is -1.94. The molecule has 0 fully saturated rings. The van der Waals surface area contributed by atoms with Crippen LogP contribution in [0, 0.1) is 5.82 Å². The van der Waals surface area contributed by atoms with Crippen molar-refractivity contribution < 1.29 is 19.0 Å². The zero-order chi connectivity index (χ0) is 19.0. The van der Waals surface area contributed by atoms with Crippen molar-refractivity contribution in [2.45, 2.75) is 0 Å². The Hall–Kier alpha value is -3.38. The number of imidazole rings is 1. The van der Waals surface area contributed by atoms with Crippen LogP contribution >= 0.6 is 11.6 Å². The number of benzene rings is 3. The second-order valence-corrected chi connectivity index (χ2v) is 6.23. The molecule has 1 aromatic heterocycles. The van der Waals surface area contributed by atoms with E-state index in [0.29, 0.717) is 28.4 Å². The standard InChI is InChI=1S/C20H12ClFN2O3/c21-15-7-6-14(10-16(15)22)27-13-4-1-11(2-5-13)19-23-17-8-3-12(20(25)26)9-18(17)24-19/h1-10H,(H,23,24)(H,25,26). The first kappa shape index (κ1) is 17.1. The number of H-pyrrole nitrogens is 1. The Balaban J connectivity index is 1.59. The maximum Gasteiger partial charge on any atom is 0.335 e. The number of halogens is 2. The predicted octanol–water partition coefficient (Wildman–Crippen LogP) is 5.51. The van der Waals surface area contributed by atoms with Crippen LogP contribution in [-0.2, 0) is 0 Å². The monoisotopic (exact) mass is 382 g/mol. The van der Waals surface area contributed by atoms with Crippen molar-refractivity contribution in [1.29, 1.82) is 0 Å². The van der Waals surface area contributed by atoms with E-state index in [-0.39, 0.29) is 10.6 Å². The van der Waals surface area contributed by atoms with Gasteiger partial charge in [-0.3, -0.25) is 0 Å². The van der Waals surface area contributed by atoms with E-state index in [1.165, 1.54) is 18.2 Å². The summed E-state index contributed by atoms with van der Waals surface area (Å²) in [5.74, 6) is -0.0575. The highest BCUT2D eigenvalue weighted by Crippen LogP contribution is 2.28. The molecule has 3 aromatic carbocycles. The lowest BCUT2D eigenvalue weighted by Gasteiger charge is -2.06. The van der Waals surface area contributed by atoms with Gasteiger partial charge in [-0.15, -0.1) is 0 Å². The average Bonchev–Trinajstić information content (AvgIpc) is 3.08. The first-order valence-corrected chi connectivity index (χ1v) is 8.34. The Kier molecular flexibility index (Phi) is 4.25. The molecule has 27 heavy (non-hydrogen) atoms. The third-order valence-corrected chi connectivity index (χ3v) is 4.29. The molecule has 7 heteroatoms. The Labute approximate surface area is 158 Å². The lowest BCUT2D eigenvalue weighted by atomic mass is 10.2. The summed E-state index contributed by atoms with van der Waals surface area (Å²) in [5.41, 5.74) is 2.31. The highest BCUT2D eigenvalue weighted by Gasteiger charge is 2.09. The van der Waals surface area contributed by atoms with Crippen molar-refractivity contribution in [2.75, 3.05) is 0 Å². The number of carbonyl (C=O) groups is 1. The molecule has 0 spiro atoms. The Morgan fingerprint density at radius 1 is 1.04 bits per heavy atom. The first-order valence-electron chi connectivity index (χ1n) is 7.96. The molecule has 0 amide bonds. The quantitative estimate of drug-likeness (QED) is 0.487. The molecule has 2 N–H and O–H groups in total. The Bertz CT molecular complexity index is 1160. The van der Waals surface area contributed by atoms with Crippen LogP contribution in [0.1, 0.15) is 10.4 Å². The van der Waals surface area contributed by atoms with Crippen LogP contribution in [0.25, 0.3) is 22.4 Å². The fourth-order valence-corrected chi connectivity index (χ4v) is 2.75. The van der Waals surface area contributed by atoms with Crippen molar-refractivity contribution in [3.05, 3.63) is 77.1 Å². The highest BCUT2D eigenvalue weighted by molar-refractivity contribution is 6.30. The summed E-state index contributed by atoms with van der Waals surface area (Å²) in [5, 5.41) is 9.11. The number of nitrogens with zero attached hydrogens (tertiary/aromatic N) is 1. The fraction of sp³-hybridized carbons (Fsp3) is 0. The number of carboxylic acids is 1. The maximum absolute atomic E-state index is 13.5. The van der Waals surface area contributed by atoms with E-state index in [1.807, 2.05) is 0 Å². The molecule has 134 valence electrons. The van der Waals surface area contributed by atoms with E-state index in [9.17, 15) is 9.18 Å². The summed E-state index contributed by atoms with van der Waals surface area (Å²) in [6, 6.07) is 16.0. The van der Waals surface area contributed by atoms with E-state index in [4.69, 9.17) is 21.4 Å². The Morgan fingerprint density at radius 3 is 2.48 bits per heavy atom. The van der Waals surface area contributed by atoms with E-state index in [2.05, 4.69) is 9.97 Å². The third kappa shape index (κ3) is 3.47. The molecule has 0 aliphatic heterocycles. The van der Waals surface area contributed by atoms with Crippen LogP contribution in [-0.4, -0.2) is 21.0 Å².